The van der Waals surface area contributed by atoms with E-state index in [0.29, 0.717) is 0 Å². The molecule has 0 aromatic rings. The predicted molar refractivity (Wildman–Crippen MR) is 73.0 cm³/mol. The Bertz CT molecular complexity index is 250. The zero-order valence-electron chi connectivity index (χ0n) is 11.5. The first kappa shape index (κ1) is 12.0. The Balaban J connectivity index is 1.42. The summed E-state index contributed by atoms with van der Waals surface area (Å²) in [6.07, 6.45) is 13.4. The SMILES string of the molecule is CCC1CCCC(NCC2CC3CCC2C3)C1. The van der Waals surface area contributed by atoms with Gasteiger partial charge in [0.1, 0.15) is 0 Å². The van der Waals surface area contributed by atoms with E-state index in [1.54, 1.807) is 25.7 Å². The monoisotopic (exact) mass is 235 g/mol. The molecule has 1 nitrogen and oxygen atoms in total. The molecule has 0 aromatic heterocycles. The molecule has 5 atom stereocenters. The first-order valence-corrected chi connectivity index (χ1v) is 8.08. The van der Waals surface area contributed by atoms with Gasteiger partial charge in [0.25, 0.3) is 0 Å². The molecule has 3 saturated carbocycles. The van der Waals surface area contributed by atoms with Gasteiger partial charge in [-0.2, -0.15) is 0 Å². The molecule has 0 spiro atoms. The third-order valence-electron chi connectivity index (χ3n) is 5.91. The average molecular weight is 235 g/mol. The van der Waals surface area contributed by atoms with Crippen LogP contribution >= 0.6 is 0 Å². The van der Waals surface area contributed by atoms with Crippen LogP contribution in [0.4, 0.5) is 0 Å². The van der Waals surface area contributed by atoms with Crippen LogP contribution in [-0.2, 0) is 0 Å². The number of hydrogen-bond donors (Lipinski definition) is 1. The molecule has 0 heterocycles. The van der Waals surface area contributed by atoms with E-state index in [1.165, 1.54) is 38.6 Å². The minimum absolute atomic E-state index is 0.854. The van der Waals surface area contributed by atoms with E-state index in [0.717, 1.165) is 29.7 Å². The van der Waals surface area contributed by atoms with E-state index in [1.807, 2.05) is 0 Å². The molecule has 98 valence electrons. The van der Waals surface area contributed by atoms with Crippen LogP contribution < -0.4 is 5.32 Å². The van der Waals surface area contributed by atoms with Crippen molar-refractivity contribution in [2.24, 2.45) is 23.7 Å². The molecule has 0 saturated heterocycles. The zero-order chi connectivity index (χ0) is 11.7. The highest BCUT2D eigenvalue weighted by Gasteiger charge is 2.39. The van der Waals surface area contributed by atoms with Gasteiger partial charge in [0.2, 0.25) is 0 Å². The Kier molecular flexibility index (Phi) is 3.75. The molecule has 17 heavy (non-hydrogen) atoms. The number of fused-ring (bicyclic) bond motifs is 2. The zero-order valence-corrected chi connectivity index (χ0v) is 11.5. The van der Waals surface area contributed by atoms with Crippen LogP contribution in [0.5, 0.6) is 0 Å². The molecule has 0 amide bonds. The molecule has 3 aliphatic carbocycles. The summed E-state index contributed by atoms with van der Waals surface area (Å²) >= 11 is 0. The molecule has 1 heteroatoms. The third-order valence-corrected chi connectivity index (χ3v) is 5.91. The largest absolute Gasteiger partial charge is 0.314 e. The second kappa shape index (κ2) is 5.30. The van der Waals surface area contributed by atoms with Crippen molar-refractivity contribution >= 4 is 0 Å². The molecule has 3 rings (SSSR count). The van der Waals surface area contributed by atoms with Crippen LogP contribution in [0, 0.1) is 23.7 Å². The summed E-state index contributed by atoms with van der Waals surface area (Å²) in [7, 11) is 0. The molecule has 0 radical (unpaired) electrons. The van der Waals surface area contributed by atoms with Gasteiger partial charge in [-0.3, -0.25) is 0 Å². The predicted octanol–water partition coefficient (Wildman–Crippen LogP) is 3.98. The molecule has 5 unspecified atom stereocenters. The molecule has 3 fully saturated rings. The van der Waals surface area contributed by atoms with Crippen LogP contribution in [0.1, 0.15) is 64.7 Å². The smallest absolute Gasteiger partial charge is 0.00698 e. The fourth-order valence-electron chi connectivity index (χ4n) is 4.79. The summed E-state index contributed by atoms with van der Waals surface area (Å²) in [5.74, 6) is 4.26. The van der Waals surface area contributed by atoms with E-state index in [9.17, 15) is 0 Å². The van der Waals surface area contributed by atoms with Gasteiger partial charge in [0, 0.05) is 6.04 Å². The lowest BCUT2D eigenvalue weighted by molar-refractivity contribution is 0.248. The van der Waals surface area contributed by atoms with E-state index >= 15 is 0 Å². The maximum atomic E-state index is 3.91. The lowest BCUT2D eigenvalue weighted by atomic mass is 9.83. The van der Waals surface area contributed by atoms with Crippen LogP contribution in [0.25, 0.3) is 0 Å². The molecule has 3 aliphatic rings. The summed E-state index contributed by atoms with van der Waals surface area (Å²) in [5, 5.41) is 3.91. The van der Waals surface area contributed by atoms with Crippen molar-refractivity contribution in [1.29, 1.82) is 0 Å². The van der Waals surface area contributed by atoms with Crippen LogP contribution in [0.15, 0.2) is 0 Å². The van der Waals surface area contributed by atoms with Gasteiger partial charge in [0.05, 0.1) is 0 Å². The number of hydrogen-bond acceptors (Lipinski definition) is 1. The maximum Gasteiger partial charge on any atom is 0.00698 e. The minimum atomic E-state index is 0.854. The highest BCUT2D eigenvalue weighted by Crippen LogP contribution is 2.48. The minimum Gasteiger partial charge on any atom is -0.314 e. The fraction of sp³-hybridized carbons (Fsp3) is 1.00. The molecule has 1 N–H and O–H groups in total. The molecule has 0 aliphatic heterocycles. The standard InChI is InChI=1S/C16H29N/c1-2-12-4-3-5-16(10-12)17-11-15-9-13-6-7-14(15)8-13/h12-17H,2-11H2,1H3. The maximum absolute atomic E-state index is 3.91. The second-order valence-electron chi connectivity index (χ2n) is 6.98. The molecule has 0 aromatic carbocycles. The molecular weight excluding hydrogens is 206 g/mol. The van der Waals surface area contributed by atoms with Crippen molar-refractivity contribution < 1.29 is 0 Å². The Labute approximate surface area is 107 Å². The van der Waals surface area contributed by atoms with Crippen molar-refractivity contribution in [3.63, 3.8) is 0 Å². The summed E-state index contributed by atoms with van der Waals surface area (Å²) in [4.78, 5) is 0. The lowest BCUT2D eigenvalue weighted by Gasteiger charge is -2.31. The van der Waals surface area contributed by atoms with Gasteiger partial charge in [-0.05, 0) is 62.3 Å². The van der Waals surface area contributed by atoms with Gasteiger partial charge < -0.3 is 5.32 Å². The Morgan fingerprint density at radius 3 is 2.65 bits per heavy atom. The van der Waals surface area contributed by atoms with Crippen molar-refractivity contribution in [3.05, 3.63) is 0 Å². The van der Waals surface area contributed by atoms with Crippen LogP contribution in [-0.4, -0.2) is 12.6 Å². The number of nitrogens with one attached hydrogen (secondary N) is 1. The van der Waals surface area contributed by atoms with Gasteiger partial charge >= 0.3 is 0 Å². The van der Waals surface area contributed by atoms with Gasteiger partial charge in [0.15, 0.2) is 0 Å². The number of rotatable bonds is 4. The Hall–Kier alpha value is -0.0400. The Morgan fingerprint density at radius 1 is 1.00 bits per heavy atom. The Morgan fingerprint density at radius 2 is 1.94 bits per heavy atom. The van der Waals surface area contributed by atoms with Gasteiger partial charge in [-0.25, -0.2) is 0 Å². The van der Waals surface area contributed by atoms with Crippen molar-refractivity contribution in [2.45, 2.75) is 70.8 Å². The van der Waals surface area contributed by atoms with Crippen molar-refractivity contribution in [3.8, 4) is 0 Å². The van der Waals surface area contributed by atoms with Crippen LogP contribution in [0.3, 0.4) is 0 Å². The highest BCUT2D eigenvalue weighted by molar-refractivity contribution is 4.91. The summed E-state index contributed by atoms with van der Waals surface area (Å²) in [5.41, 5.74) is 0. The topological polar surface area (TPSA) is 12.0 Å². The van der Waals surface area contributed by atoms with Gasteiger partial charge in [-0.15, -0.1) is 0 Å². The normalized spacial score (nSPS) is 45.4. The van der Waals surface area contributed by atoms with Crippen molar-refractivity contribution in [2.75, 3.05) is 6.54 Å². The van der Waals surface area contributed by atoms with E-state index < -0.39 is 0 Å². The quantitative estimate of drug-likeness (QED) is 0.777. The van der Waals surface area contributed by atoms with E-state index in [-0.39, 0.29) is 0 Å². The average Bonchev–Trinajstić information content (AvgIpc) is 2.99. The third kappa shape index (κ3) is 2.70. The van der Waals surface area contributed by atoms with Gasteiger partial charge in [-0.1, -0.05) is 32.6 Å². The summed E-state index contributed by atoms with van der Waals surface area (Å²) in [6, 6.07) is 0.854. The summed E-state index contributed by atoms with van der Waals surface area (Å²) in [6.45, 7) is 3.70. The first-order valence-electron chi connectivity index (χ1n) is 8.08. The highest BCUT2D eigenvalue weighted by atomic mass is 14.9. The summed E-state index contributed by atoms with van der Waals surface area (Å²) < 4.78 is 0. The van der Waals surface area contributed by atoms with E-state index in [4.69, 9.17) is 0 Å². The molecular formula is C16H29N. The van der Waals surface area contributed by atoms with E-state index in [2.05, 4.69) is 12.2 Å². The molecule has 2 bridgehead atoms. The fourth-order valence-corrected chi connectivity index (χ4v) is 4.79. The second-order valence-corrected chi connectivity index (χ2v) is 6.98. The van der Waals surface area contributed by atoms with Crippen molar-refractivity contribution in [1.82, 2.24) is 5.32 Å². The van der Waals surface area contributed by atoms with Crippen LogP contribution in [0.2, 0.25) is 0 Å². The lowest BCUT2D eigenvalue weighted by Crippen LogP contribution is -2.38. The first-order chi connectivity index (χ1) is 8.35.